The van der Waals surface area contributed by atoms with Crippen LogP contribution in [0.25, 0.3) is 16.0 Å². The summed E-state index contributed by atoms with van der Waals surface area (Å²) in [4.78, 5) is 5.04. The Morgan fingerprint density at radius 1 is 1.20 bits per heavy atom. The summed E-state index contributed by atoms with van der Waals surface area (Å²) in [7, 11) is 0. The zero-order valence-electron chi connectivity index (χ0n) is 11.8. The third kappa shape index (κ3) is 2.65. The molecule has 1 aliphatic rings. The van der Waals surface area contributed by atoms with Crippen LogP contribution in [0.1, 0.15) is 18.2 Å². The second kappa shape index (κ2) is 5.81. The highest BCUT2D eigenvalue weighted by Crippen LogP contribution is 2.33. The molecule has 1 aromatic heterocycles. The number of allylic oxidation sites excluding steroid dienone is 1. The van der Waals surface area contributed by atoms with Crippen molar-refractivity contribution in [1.29, 1.82) is 0 Å². The number of nitrogens with zero attached hydrogens (tertiary/aromatic N) is 1. The number of rotatable bonds is 4. The lowest BCUT2D eigenvalue weighted by atomic mass is 10.1. The predicted molar refractivity (Wildman–Crippen MR) is 89.3 cm³/mol. The van der Waals surface area contributed by atoms with Crippen LogP contribution in [0.3, 0.4) is 0 Å². The molecule has 1 fully saturated rings. The summed E-state index contributed by atoms with van der Waals surface area (Å²) in [6, 6.07) is 13.3. The van der Waals surface area contributed by atoms with Gasteiger partial charge in [-0.05, 0) is 48.7 Å². The van der Waals surface area contributed by atoms with Gasteiger partial charge >= 0.3 is 0 Å². The van der Waals surface area contributed by atoms with Gasteiger partial charge in [-0.1, -0.05) is 18.2 Å². The summed E-state index contributed by atoms with van der Waals surface area (Å²) in [5.74, 6) is 0. The van der Waals surface area contributed by atoms with Gasteiger partial charge in [0.2, 0.25) is 0 Å². The molecule has 2 aromatic rings. The lowest BCUT2D eigenvalue weighted by Gasteiger charge is -2.33. The molecule has 0 aliphatic carbocycles. The minimum absolute atomic E-state index is 0.601. The highest BCUT2D eigenvalue weighted by atomic mass is 32.1. The summed E-state index contributed by atoms with van der Waals surface area (Å²) < 4.78 is 0. The van der Waals surface area contributed by atoms with Gasteiger partial charge in [0.15, 0.2) is 0 Å². The first kappa shape index (κ1) is 13.4. The third-order valence-corrected chi connectivity index (χ3v) is 5.06. The van der Waals surface area contributed by atoms with E-state index in [1.54, 1.807) is 0 Å². The molecule has 1 aromatic carbocycles. The van der Waals surface area contributed by atoms with Crippen LogP contribution in [0.15, 0.2) is 42.5 Å². The number of hydrogen-bond donors (Lipinski definition) is 1. The van der Waals surface area contributed by atoms with Crippen molar-refractivity contribution < 1.29 is 0 Å². The largest absolute Gasteiger partial charge is 0.371 e. The Labute approximate surface area is 124 Å². The van der Waals surface area contributed by atoms with Crippen molar-refractivity contribution in [2.75, 3.05) is 24.5 Å². The van der Waals surface area contributed by atoms with Crippen LogP contribution in [-0.2, 0) is 0 Å². The van der Waals surface area contributed by atoms with E-state index < -0.39 is 0 Å². The molecule has 2 heterocycles. The number of benzene rings is 1. The first-order valence-corrected chi connectivity index (χ1v) is 7.92. The summed E-state index contributed by atoms with van der Waals surface area (Å²) >= 11 is 1.83. The molecule has 0 saturated carbocycles. The average Bonchev–Trinajstić information content (AvgIpc) is 2.87. The van der Waals surface area contributed by atoms with E-state index in [9.17, 15) is 0 Å². The molecule has 0 radical (unpaired) electrons. The van der Waals surface area contributed by atoms with Gasteiger partial charge in [0, 0.05) is 35.1 Å². The van der Waals surface area contributed by atoms with Crippen molar-refractivity contribution in [3.05, 3.63) is 47.4 Å². The van der Waals surface area contributed by atoms with Crippen molar-refractivity contribution >= 4 is 22.6 Å². The van der Waals surface area contributed by atoms with Crippen LogP contribution in [0, 0.1) is 0 Å². The SMILES string of the molecule is C/C(=C\CN)c1ccc(-c2ccc(N3CCC3)cc2)s1. The molecule has 0 amide bonds. The molecule has 1 saturated heterocycles. The lowest BCUT2D eigenvalue weighted by Crippen LogP contribution is -2.36. The van der Waals surface area contributed by atoms with Crippen molar-refractivity contribution in [2.45, 2.75) is 13.3 Å². The van der Waals surface area contributed by atoms with Gasteiger partial charge in [0.25, 0.3) is 0 Å². The quantitative estimate of drug-likeness (QED) is 0.920. The molecule has 3 rings (SSSR count). The second-order valence-electron chi connectivity index (χ2n) is 5.17. The number of anilines is 1. The molecule has 2 nitrogen and oxygen atoms in total. The Kier molecular flexibility index (Phi) is 3.90. The third-order valence-electron chi connectivity index (χ3n) is 3.79. The van der Waals surface area contributed by atoms with Gasteiger partial charge in [0.1, 0.15) is 0 Å². The zero-order valence-corrected chi connectivity index (χ0v) is 12.6. The summed E-state index contributed by atoms with van der Waals surface area (Å²) in [5, 5.41) is 0. The molecule has 0 spiro atoms. The van der Waals surface area contributed by atoms with Gasteiger partial charge in [-0.25, -0.2) is 0 Å². The number of thiophene rings is 1. The van der Waals surface area contributed by atoms with Crippen LogP contribution in [0.5, 0.6) is 0 Å². The highest BCUT2D eigenvalue weighted by molar-refractivity contribution is 7.16. The van der Waals surface area contributed by atoms with Gasteiger partial charge in [-0.2, -0.15) is 0 Å². The molecular formula is C17H20N2S. The molecule has 0 atom stereocenters. The molecule has 20 heavy (non-hydrogen) atoms. The van der Waals surface area contributed by atoms with Crippen LogP contribution < -0.4 is 10.6 Å². The lowest BCUT2D eigenvalue weighted by molar-refractivity contribution is 0.618. The Bertz CT molecular complexity index is 606. The van der Waals surface area contributed by atoms with Crippen LogP contribution in [0.2, 0.25) is 0 Å². The van der Waals surface area contributed by atoms with E-state index in [0.717, 1.165) is 0 Å². The molecule has 0 bridgehead atoms. The van der Waals surface area contributed by atoms with E-state index in [0.29, 0.717) is 6.54 Å². The van der Waals surface area contributed by atoms with Crippen molar-refractivity contribution in [2.24, 2.45) is 5.73 Å². The fraction of sp³-hybridized carbons (Fsp3) is 0.294. The standard InChI is InChI=1S/C17H20N2S/c1-13(9-10-18)16-7-8-17(20-16)14-3-5-15(6-4-14)19-11-2-12-19/h3-9H,2,10-12,18H2,1H3/b13-9+. The highest BCUT2D eigenvalue weighted by Gasteiger charge is 2.14. The fourth-order valence-corrected chi connectivity index (χ4v) is 3.40. The van der Waals surface area contributed by atoms with E-state index >= 15 is 0 Å². The smallest absolute Gasteiger partial charge is 0.0366 e. The minimum atomic E-state index is 0.601. The Balaban J connectivity index is 1.80. The summed E-state index contributed by atoms with van der Waals surface area (Å²) in [5.41, 5.74) is 9.48. The Hall–Kier alpha value is -1.58. The topological polar surface area (TPSA) is 29.3 Å². The maximum atomic E-state index is 5.57. The summed E-state index contributed by atoms with van der Waals surface area (Å²) in [6.07, 6.45) is 3.39. The number of hydrogen-bond acceptors (Lipinski definition) is 3. The van der Waals surface area contributed by atoms with E-state index in [-0.39, 0.29) is 0 Å². The van der Waals surface area contributed by atoms with Gasteiger partial charge in [-0.15, -0.1) is 11.3 Å². The van der Waals surface area contributed by atoms with Crippen LogP contribution in [-0.4, -0.2) is 19.6 Å². The van der Waals surface area contributed by atoms with E-state index in [4.69, 9.17) is 5.73 Å². The fourth-order valence-electron chi connectivity index (χ4n) is 2.39. The van der Waals surface area contributed by atoms with E-state index in [2.05, 4.69) is 54.3 Å². The van der Waals surface area contributed by atoms with Gasteiger partial charge in [-0.3, -0.25) is 0 Å². The first-order chi connectivity index (χ1) is 9.78. The molecule has 2 N–H and O–H groups in total. The molecule has 3 heteroatoms. The zero-order chi connectivity index (χ0) is 13.9. The molecule has 1 aliphatic heterocycles. The average molecular weight is 284 g/mol. The summed E-state index contributed by atoms with van der Waals surface area (Å²) in [6.45, 7) is 5.12. The van der Waals surface area contributed by atoms with Crippen molar-refractivity contribution in [3.8, 4) is 10.4 Å². The molecule has 104 valence electrons. The maximum Gasteiger partial charge on any atom is 0.0366 e. The Morgan fingerprint density at radius 2 is 1.95 bits per heavy atom. The van der Waals surface area contributed by atoms with Crippen LogP contribution in [0.4, 0.5) is 5.69 Å². The van der Waals surface area contributed by atoms with Crippen molar-refractivity contribution in [3.63, 3.8) is 0 Å². The maximum absolute atomic E-state index is 5.57. The molecule has 0 unspecified atom stereocenters. The van der Waals surface area contributed by atoms with Crippen molar-refractivity contribution in [1.82, 2.24) is 0 Å². The van der Waals surface area contributed by atoms with Gasteiger partial charge in [0.05, 0.1) is 0 Å². The van der Waals surface area contributed by atoms with Gasteiger partial charge < -0.3 is 10.6 Å². The van der Waals surface area contributed by atoms with Crippen LogP contribution >= 0.6 is 11.3 Å². The molecular weight excluding hydrogens is 264 g/mol. The normalized spacial score (nSPS) is 15.3. The first-order valence-electron chi connectivity index (χ1n) is 7.10. The van der Waals surface area contributed by atoms with E-state index in [1.165, 1.54) is 46.1 Å². The minimum Gasteiger partial charge on any atom is -0.371 e. The van der Waals surface area contributed by atoms with E-state index in [1.807, 2.05) is 11.3 Å². The second-order valence-corrected chi connectivity index (χ2v) is 6.26. The Morgan fingerprint density at radius 3 is 2.55 bits per heavy atom. The predicted octanol–water partition coefficient (Wildman–Crippen LogP) is 3.99. The number of nitrogens with two attached hydrogens (primary N) is 1. The monoisotopic (exact) mass is 284 g/mol.